The average molecular weight is 495 g/mol. The summed E-state index contributed by atoms with van der Waals surface area (Å²) in [7, 11) is 0. The summed E-state index contributed by atoms with van der Waals surface area (Å²) in [5.41, 5.74) is 5.04. The first-order valence-electron chi connectivity index (χ1n) is 11.0. The van der Waals surface area contributed by atoms with Crippen molar-refractivity contribution in [2.24, 2.45) is 5.73 Å². The summed E-state index contributed by atoms with van der Waals surface area (Å²) in [5, 5.41) is 9.39. The van der Waals surface area contributed by atoms with Gasteiger partial charge in [0.05, 0.1) is 22.3 Å². The van der Waals surface area contributed by atoms with Crippen molar-refractivity contribution in [1.82, 2.24) is 9.97 Å². The molecule has 1 aromatic heterocycles. The van der Waals surface area contributed by atoms with Crippen molar-refractivity contribution in [3.05, 3.63) is 77.4 Å². The molecule has 2 heterocycles. The third-order valence-corrected chi connectivity index (χ3v) is 6.16. The van der Waals surface area contributed by atoms with E-state index in [0.29, 0.717) is 35.5 Å². The van der Waals surface area contributed by atoms with E-state index in [-0.39, 0.29) is 22.9 Å². The molecule has 2 N–H and O–H groups in total. The van der Waals surface area contributed by atoms with Gasteiger partial charge in [-0.15, -0.1) is 0 Å². The molecule has 0 saturated carbocycles. The molecule has 3 aromatic carbocycles. The van der Waals surface area contributed by atoms with Gasteiger partial charge in [0, 0.05) is 35.6 Å². The van der Waals surface area contributed by atoms with E-state index in [4.69, 9.17) is 11.0 Å². The summed E-state index contributed by atoms with van der Waals surface area (Å²) >= 11 is 0. The Morgan fingerprint density at radius 3 is 2.42 bits per heavy atom. The van der Waals surface area contributed by atoms with E-state index < -0.39 is 28.9 Å². The van der Waals surface area contributed by atoms with Crippen LogP contribution in [0.5, 0.6) is 0 Å². The fourth-order valence-electron chi connectivity index (χ4n) is 4.41. The number of fused-ring (bicyclic) bond motifs is 1. The molecule has 0 unspecified atom stereocenters. The number of nitriles is 1. The number of halogens is 5. The second-order valence-corrected chi connectivity index (χ2v) is 8.57. The molecular weight excluding hydrogens is 477 g/mol. The van der Waals surface area contributed by atoms with Crippen LogP contribution in [0.3, 0.4) is 0 Å². The van der Waals surface area contributed by atoms with E-state index in [1.165, 1.54) is 30.3 Å². The van der Waals surface area contributed by atoms with Crippen LogP contribution in [0, 0.1) is 23.0 Å². The second-order valence-electron chi connectivity index (χ2n) is 8.57. The Morgan fingerprint density at radius 1 is 0.972 bits per heavy atom. The predicted molar refractivity (Wildman–Crippen MR) is 125 cm³/mol. The van der Waals surface area contributed by atoms with Crippen molar-refractivity contribution in [3.63, 3.8) is 0 Å². The first kappa shape index (κ1) is 23.6. The van der Waals surface area contributed by atoms with E-state index in [9.17, 15) is 22.0 Å². The van der Waals surface area contributed by atoms with E-state index in [0.717, 1.165) is 30.7 Å². The van der Waals surface area contributed by atoms with Gasteiger partial charge in [0.15, 0.2) is 0 Å². The maximum Gasteiger partial charge on any atom is 0.417 e. The lowest BCUT2D eigenvalue weighted by atomic mass is 9.95. The highest BCUT2D eigenvalue weighted by atomic mass is 19.4. The molecule has 0 radical (unpaired) electrons. The number of benzene rings is 3. The van der Waals surface area contributed by atoms with Crippen LogP contribution in [0.1, 0.15) is 17.5 Å². The zero-order chi connectivity index (χ0) is 25.6. The molecule has 0 spiro atoms. The van der Waals surface area contributed by atoms with E-state index in [1.807, 2.05) is 4.90 Å². The van der Waals surface area contributed by atoms with Crippen LogP contribution >= 0.6 is 0 Å². The van der Waals surface area contributed by atoms with Crippen molar-refractivity contribution in [1.29, 1.82) is 5.26 Å². The smallest absolute Gasteiger partial charge is 0.339 e. The molecule has 1 fully saturated rings. The summed E-state index contributed by atoms with van der Waals surface area (Å²) in [5.74, 6) is -1.46. The molecule has 10 heteroatoms. The number of anilines is 1. The van der Waals surface area contributed by atoms with Gasteiger partial charge in [-0.2, -0.15) is 18.4 Å². The summed E-state index contributed by atoms with van der Waals surface area (Å²) < 4.78 is 70.2. The van der Waals surface area contributed by atoms with Gasteiger partial charge in [-0.1, -0.05) is 18.2 Å². The number of hydrogen-bond acceptors (Lipinski definition) is 5. The molecule has 1 saturated heterocycles. The molecule has 1 aliphatic heterocycles. The van der Waals surface area contributed by atoms with Gasteiger partial charge in [0.2, 0.25) is 5.95 Å². The molecule has 1 aliphatic rings. The lowest BCUT2D eigenvalue weighted by Gasteiger charge is -2.19. The summed E-state index contributed by atoms with van der Waals surface area (Å²) in [6.07, 6.45) is -4.05. The van der Waals surface area contributed by atoms with Gasteiger partial charge < -0.3 is 10.6 Å². The minimum atomic E-state index is -4.78. The van der Waals surface area contributed by atoms with Crippen LogP contribution in [0.25, 0.3) is 33.3 Å². The molecule has 5 rings (SSSR count). The Kier molecular flexibility index (Phi) is 5.80. The standard InChI is InChI=1S/C26H18F5N5/c27-20-3-1-2-19(26(29,30)31)23(20)14-6-7-22-18(10-14)24(15-4-5-16(12-32)21(28)11-15)35-25(34-22)36-9-8-17(33)13-36/h1-7,10-11,17H,8-9,13,33H2/t17-/m1/s1. The van der Waals surface area contributed by atoms with E-state index in [2.05, 4.69) is 9.97 Å². The largest absolute Gasteiger partial charge is 0.417 e. The van der Waals surface area contributed by atoms with Gasteiger partial charge in [-0.05, 0) is 48.4 Å². The van der Waals surface area contributed by atoms with Crippen molar-refractivity contribution < 1.29 is 22.0 Å². The zero-order valence-electron chi connectivity index (χ0n) is 18.7. The number of aromatic nitrogens is 2. The van der Waals surface area contributed by atoms with Crippen molar-refractivity contribution in [3.8, 4) is 28.5 Å². The van der Waals surface area contributed by atoms with Crippen LogP contribution in [-0.2, 0) is 6.18 Å². The number of hydrogen-bond donors (Lipinski definition) is 1. The molecule has 182 valence electrons. The van der Waals surface area contributed by atoms with Gasteiger partial charge in [-0.25, -0.2) is 18.7 Å². The Morgan fingerprint density at radius 2 is 1.75 bits per heavy atom. The topological polar surface area (TPSA) is 78.8 Å². The fourth-order valence-corrected chi connectivity index (χ4v) is 4.41. The summed E-state index contributed by atoms with van der Waals surface area (Å²) in [6.45, 7) is 1.12. The first-order valence-corrected chi connectivity index (χ1v) is 11.0. The number of nitrogens with zero attached hydrogens (tertiary/aromatic N) is 4. The Bertz CT molecular complexity index is 1530. The Hall–Kier alpha value is -4.10. The first-order chi connectivity index (χ1) is 17.2. The summed E-state index contributed by atoms with van der Waals surface area (Å²) in [4.78, 5) is 11.0. The monoisotopic (exact) mass is 495 g/mol. The highest BCUT2D eigenvalue weighted by Gasteiger charge is 2.35. The third-order valence-electron chi connectivity index (χ3n) is 6.16. The molecule has 0 aliphatic carbocycles. The normalized spacial score (nSPS) is 15.9. The van der Waals surface area contributed by atoms with Crippen LogP contribution in [0.2, 0.25) is 0 Å². The molecule has 4 aromatic rings. The van der Waals surface area contributed by atoms with Gasteiger partial charge in [0.25, 0.3) is 0 Å². The van der Waals surface area contributed by atoms with Gasteiger partial charge in [0.1, 0.15) is 17.7 Å². The fraction of sp³-hybridized carbons (Fsp3) is 0.192. The van der Waals surface area contributed by atoms with Gasteiger partial charge in [-0.3, -0.25) is 0 Å². The maximum atomic E-state index is 14.7. The highest BCUT2D eigenvalue weighted by Crippen LogP contribution is 2.40. The quantitative estimate of drug-likeness (QED) is 0.371. The van der Waals surface area contributed by atoms with Gasteiger partial charge >= 0.3 is 6.18 Å². The second kappa shape index (κ2) is 8.84. The molecular formula is C26H18F5N5. The molecule has 0 bridgehead atoms. The Balaban J connectivity index is 1.76. The lowest BCUT2D eigenvalue weighted by molar-refractivity contribution is -0.137. The van der Waals surface area contributed by atoms with Crippen molar-refractivity contribution in [2.45, 2.75) is 18.6 Å². The molecule has 0 amide bonds. The number of rotatable bonds is 3. The minimum Gasteiger partial charge on any atom is -0.339 e. The summed E-state index contributed by atoms with van der Waals surface area (Å²) in [6, 6.07) is 12.6. The van der Waals surface area contributed by atoms with Crippen LogP contribution < -0.4 is 10.6 Å². The number of alkyl halides is 3. The average Bonchev–Trinajstić information content (AvgIpc) is 3.28. The van der Waals surface area contributed by atoms with E-state index in [1.54, 1.807) is 6.07 Å². The van der Waals surface area contributed by atoms with E-state index >= 15 is 0 Å². The zero-order valence-corrected chi connectivity index (χ0v) is 18.7. The molecule has 5 nitrogen and oxygen atoms in total. The SMILES string of the molecule is N#Cc1ccc(-c2nc(N3CC[C@@H](N)C3)nc3ccc(-c4c(F)cccc4C(F)(F)F)cc23)cc1F. The molecule has 36 heavy (non-hydrogen) atoms. The third kappa shape index (κ3) is 4.22. The molecule has 1 atom stereocenters. The Labute approximate surface area is 202 Å². The maximum absolute atomic E-state index is 14.7. The number of nitrogens with two attached hydrogens (primary N) is 1. The predicted octanol–water partition coefficient (Wildman–Crippen LogP) is 5.67. The van der Waals surface area contributed by atoms with Crippen molar-refractivity contribution in [2.75, 3.05) is 18.0 Å². The van der Waals surface area contributed by atoms with Crippen LogP contribution in [0.4, 0.5) is 27.9 Å². The lowest BCUT2D eigenvalue weighted by Crippen LogP contribution is -2.27. The van der Waals surface area contributed by atoms with Crippen LogP contribution in [-0.4, -0.2) is 29.1 Å². The van der Waals surface area contributed by atoms with Crippen LogP contribution in [0.15, 0.2) is 54.6 Å². The van der Waals surface area contributed by atoms with Crippen molar-refractivity contribution >= 4 is 16.9 Å². The minimum absolute atomic E-state index is 0.0252. The highest BCUT2D eigenvalue weighted by molar-refractivity contribution is 5.96.